The molecule has 9 heteroatoms. The second kappa shape index (κ2) is 7.83. The van der Waals surface area contributed by atoms with E-state index in [1.807, 2.05) is 0 Å². The van der Waals surface area contributed by atoms with Crippen molar-refractivity contribution in [2.75, 3.05) is 0 Å². The molecule has 0 spiro atoms. The maximum absolute atomic E-state index is 13.6. The Kier molecular flexibility index (Phi) is 5.64. The summed E-state index contributed by atoms with van der Waals surface area (Å²) >= 11 is 0. The third kappa shape index (κ3) is 3.99. The average molecular weight is 396 g/mol. The van der Waals surface area contributed by atoms with Crippen LogP contribution in [-0.4, -0.2) is 51.1 Å². The summed E-state index contributed by atoms with van der Waals surface area (Å²) in [5.74, 6) is -2.35. The van der Waals surface area contributed by atoms with E-state index in [1.54, 1.807) is 0 Å². The third-order valence-electron chi connectivity index (χ3n) is 5.58. The van der Waals surface area contributed by atoms with Crippen LogP contribution >= 0.6 is 0 Å². The number of carbonyl (C=O) groups excluding carboxylic acids is 2. The summed E-state index contributed by atoms with van der Waals surface area (Å²) in [6, 6.07) is 1.08. The zero-order chi connectivity index (χ0) is 20.5. The van der Waals surface area contributed by atoms with E-state index in [-0.39, 0.29) is 31.2 Å². The molecule has 7 nitrogen and oxygen atoms in total. The second-order valence-corrected chi connectivity index (χ2v) is 7.49. The summed E-state index contributed by atoms with van der Waals surface area (Å²) in [4.78, 5) is 36.2. The number of hydrogen-bond acceptors (Lipinski definition) is 4. The molecule has 1 aromatic carbocycles. The van der Waals surface area contributed by atoms with Crippen LogP contribution in [-0.2, 0) is 9.59 Å². The van der Waals surface area contributed by atoms with Gasteiger partial charge in [-0.25, -0.2) is 13.6 Å². The highest BCUT2D eigenvalue weighted by Gasteiger charge is 2.53. The van der Waals surface area contributed by atoms with Crippen LogP contribution in [0.2, 0.25) is 0 Å². The van der Waals surface area contributed by atoms with Gasteiger partial charge in [0.25, 0.3) is 5.91 Å². The monoisotopic (exact) mass is 396 g/mol. The normalized spacial score (nSPS) is 27.3. The first-order chi connectivity index (χ1) is 13.2. The molecule has 1 aromatic rings. The molecule has 2 heterocycles. The van der Waals surface area contributed by atoms with E-state index in [4.69, 9.17) is 0 Å². The number of hydrogen-bond donors (Lipinski definition) is 3. The molecular formula is C19H22F2N2O5. The highest BCUT2D eigenvalue weighted by Crippen LogP contribution is 2.41. The average Bonchev–Trinajstić information content (AvgIpc) is 2.90. The van der Waals surface area contributed by atoms with Gasteiger partial charge in [0.05, 0.1) is 6.04 Å². The van der Waals surface area contributed by atoms with Crippen molar-refractivity contribution in [1.82, 2.24) is 10.2 Å². The molecule has 3 N–H and O–H groups in total. The number of nitrogens with one attached hydrogen (secondary N) is 1. The fraction of sp³-hybridized carbons (Fsp3) is 0.526. The largest absolute Gasteiger partial charge is 0.465 e. The molecule has 28 heavy (non-hydrogen) atoms. The maximum Gasteiger partial charge on any atom is 0.407 e. The van der Waals surface area contributed by atoms with E-state index in [9.17, 15) is 33.4 Å². The van der Waals surface area contributed by atoms with Gasteiger partial charge in [0, 0.05) is 37.4 Å². The minimum Gasteiger partial charge on any atom is -0.465 e. The molecule has 2 aliphatic heterocycles. The van der Waals surface area contributed by atoms with E-state index >= 15 is 0 Å². The zero-order valence-electron chi connectivity index (χ0n) is 15.1. The first-order valence-electron chi connectivity index (χ1n) is 9.18. The summed E-state index contributed by atoms with van der Waals surface area (Å²) in [5, 5.41) is 22.8. The van der Waals surface area contributed by atoms with Crippen LogP contribution in [0.3, 0.4) is 0 Å². The Balaban J connectivity index is 1.78. The summed E-state index contributed by atoms with van der Waals surface area (Å²) in [6.45, 7) is 0. The SMILES string of the molecule is O=CCC[C@H](NC(=O)C1(O)CC2CCC(C1)N2C(=O)O)c1cc(F)cc(F)c1. The zero-order valence-corrected chi connectivity index (χ0v) is 15.1. The molecule has 0 aliphatic carbocycles. The second-order valence-electron chi connectivity index (χ2n) is 7.49. The fourth-order valence-corrected chi connectivity index (χ4v) is 4.35. The molecular weight excluding hydrogens is 374 g/mol. The smallest absolute Gasteiger partial charge is 0.407 e. The van der Waals surface area contributed by atoms with E-state index < -0.39 is 47.4 Å². The van der Waals surface area contributed by atoms with Crippen molar-refractivity contribution < 1.29 is 33.4 Å². The highest BCUT2D eigenvalue weighted by molar-refractivity contribution is 5.86. The molecule has 0 aromatic heterocycles. The summed E-state index contributed by atoms with van der Waals surface area (Å²) in [6.07, 6.45) is 0.775. The number of aliphatic hydroxyl groups is 1. The molecule has 3 rings (SSSR count). The van der Waals surface area contributed by atoms with Crippen LogP contribution in [0.15, 0.2) is 18.2 Å². The number of rotatable bonds is 6. The number of aldehydes is 1. The van der Waals surface area contributed by atoms with Gasteiger partial charge in [0.1, 0.15) is 23.5 Å². The molecule has 2 amide bonds. The lowest BCUT2D eigenvalue weighted by Crippen LogP contribution is -2.59. The van der Waals surface area contributed by atoms with Gasteiger partial charge in [0.2, 0.25) is 0 Å². The molecule has 152 valence electrons. The first kappa shape index (κ1) is 20.2. The lowest BCUT2D eigenvalue weighted by molar-refractivity contribution is -0.148. The first-order valence-corrected chi connectivity index (χ1v) is 9.18. The van der Waals surface area contributed by atoms with Crippen molar-refractivity contribution in [2.24, 2.45) is 0 Å². The maximum atomic E-state index is 13.6. The number of carboxylic acid groups (broad SMARTS) is 1. The predicted molar refractivity (Wildman–Crippen MR) is 93.4 cm³/mol. The number of piperidine rings is 1. The van der Waals surface area contributed by atoms with Crippen molar-refractivity contribution >= 4 is 18.3 Å². The Bertz CT molecular complexity index is 753. The van der Waals surface area contributed by atoms with E-state index in [0.717, 1.165) is 12.1 Å². The minimum atomic E-state index is -1.77. The van der Waals surface area contributed by atoms with Crippen molar-refractivity contribution in [1.29, 1.82) is 0 Å². The molecule has 0 saturated carbocycles. The van der Waals surface area contributed by atoms with Crippen molar-refractivity contribution in [3.63, 3.8) is 0 Å². The Morgan fingerprint density at radius 3 is 2.29 bits per heavy atom. The number of amides is 2. The third-order valence-corrected chi connectivity index (χ3v) is 5.58. The fourth-order valence-electron chi connectivity index (χ4n) is 4.35. The van der Waals surface area contributed by atoms with Crippen LogP contribution in [0, 0.1) is 11.6 Å². The van der Waals surface area contributed by atoms with Gasteiger partial charge in [-0.2, -0.15) is 0 Å². The van der Waals surface area contributed by atoms with Gasteiger partial charge in [-0.1, -0.05) is 0 Å². The Morgan fingerprint density at radius 2 is 1.79 bits per heavy atom. The molecule has 2 saturated heterocycles. The number of halogens is 2. The number of nitrogens with zero attached hydrogens (tertiary/aromatic N) is 1. The van der Waals surface area contributed by atoms with Gasteiger partial charge in [-0.15, -0.1) is 0 Å². The molecule has 2 fully saturated rings. The molecule has 2 unspecified atom stereocenters. The number of fused-ring (bicyclic) bond motifs is 2. The topological polar surface area (TPSA) is 107 Å². The Morgan fingerprint density at radius 1 is 1.21 bits per heavy atom. The Hall–Kier alpha value is -2.55. The number of carbonyl (C=O) groups is 3. The quantitative estimate of drug-likeness (QED) is 0.639. The van der Waals surface area contributed by atoms with Gasteiger partial charge in [0.15, 0.2) is 0 Å². The standard InChI is InChI=1S/C19H22F2N2O5/c20-12-6-11(7-13(21)8-12)16(2-1-5-24)22-17(25)19(28)9-14-3-4-15(10-19)23(14)18(26)27/h5-8,14-16,28H,1-4,9-10H2,(H,22,25)(H,26,27)/t14?,15?,16-,19?/m0/s1. The van der Waals surface area contributed by atoms with Crippen molar-refractivity contribution in [2.45, 2.75) is 62.3 Å². The summed E-state index contributed by atoms with van der Waals surface area (Å²) < 4.78 is 27.1. The van der Waals surface area contributed by atoms with Crippen LogP contribution in [0.4, 0.5) is 13.6 Å². The highest BCUT2D eigenvalue weighted by atomic mass is 19.1. The van der Waals surface area contributed by atoms with Crippen molar-refractivity contribution in [3.05, 3.63) is 35.4 Å². The van der Waals surface area contributed by atoms with Gasteiger partial charge < -0.3 is 25.2 Å². The number of benzene rings is 1. The van der Waals surface area contributed by atoms with Gasteiger partial charge in [-0.05, 0) is 37.0 Å². The molecule has 3 atom stereocenters. The van der Waals surface area contributed by atoms with Crippen LogP contribution in [0.1, 0.15) is 50.1 Å². The molecule has 0 radical (unpaired) electrons. The lowest BCUT2D eigenvalue weighted by atomic mass is 9.85. The predicted octanol–water partition coefficient (Wildman–Crippen LogP) is 2.14. The minimum absolute atomic E-state index is 0.0421. The van der Waals surface area contributed by atoms with E-state index in [0.29, 0.717) is 25.2 Å². The van der Waals surface area contributed by atoms with Crippen molar-refractivity contribution in [3.8, 4) is 0 Å². The van der Waals surface area contributed by atoms with E-state index in [1.165, 1.54) is 4.90 Å². The van der Waals surface area contributed by atoms with Gasteiger partial charge in [-0.3, -0.25) is 4.79 Å². The molecule has 2 aliphatic rings. The van der Waals surface area contributed by atoms with Crippen LogP contribution < -0.4 is 5.32 Å². The van der Waals surface area contributed by atoms with Crippen LogP contribution in [0.5, 0.6) is 0 Å². The van der Waals surface area contributed by atoms with E-state index in [2.05, 4.69) is 5.32 Å². The molecule has 2 bridgehead atoms. The summed E-state index contributed by atoms with van der Waals surface area (Å²) in [5.41, 5.74) is -1.62. The lowest BCUT2D eigenvalue weighted by Gasteiger charge is -2.41. The summed E-state index contributed by atoms with van der Waals surface area (Å²) in [7, 11) is 0. The Labute approximate surface area is 160 Å². The van der Waals surface area contributed by atoms with Gasteiger partial charge >= 0.3 is 6.09 Å². The van der Waals surface area contributed by atoms with Crippen LogP contribution in [0.25, 0.3) is 0 Å².